The summed E-state index contributed by atoms with van der Waals surface area (Å²) in [5.74, 6) is -0.309. The third kappa shape index (κ3) is 8.92. The third-order valence-corrected chi connectivity index (χ3v) is 8.80. The van der Waals surface area contributed by atoms with Gasteiger partial charge in [-0.15, -0.1) is 0 Å². The molecule has 4 rings (SSSR count). The van der Waals surface area contributed by atoms with Gasteiger partial charge >= 0.3 is 0 Å². The minimum absolute atomic E-state index is 0.118. The van der Waals surface area contributed by atoms with Crippen molar-refractivity contribution in [3.8, 4) is 0 Å². The molecule has 1 aliphatic carbocycles. The van der Waals surface area contributed by atoms with Crippen molar-refractivity contribution in [3.05, 3.63) is 102 Å². The molecule has 41 heavy (non-hydrogen) atoms. The zero-order valence-electron chi connectivity index (χ0n) is 24.0. The first kappa shape index (κ1) is 30.3. The van der Waals surface area contributed by atoms with E-state index in [9.17, 15) is 18.0 Å². The van der Waals surface area contributed by atoms with E-state index in [0.29, 0.717) is 25.1 Å². The average Bonchev–Trinajstić information content (AvgIpc) is 3.46. The molecule has 1 saturated carbocycles. The number of carbonyl (C=O) groups excluding carboxylic acids is 2. The van der Waals surface area contributed by atoms with Crippen molar-refractivity contribution in [1.29, 1.82) is 0 Å². The molecule has 0 saturated heterocycles. The van der Waals surface area contributed by atoms with Gasteiger partial charge in [-0.2, -0.15) is 0 Å². The van der Waals surface area contributed by atoms with Gasteiger partial charge in [-0.1, -0.05) is 85.6 Å². The van der Waals surface area contributed by atoms with Gasteiger partial charge in [-0.05, 0) is 55.0 Å². The molecule has 1 fully saturated rings. The van der Waals surface area contributed by atoms with Crippen LogP contribution in [0.4, 0.5) is 5.69 Å². The second kappa shape index (κ2) is 14.3. The molecule has 0 bridgehead atoms. The normalized spacial score (nSPS) is 14.4. The molecule has 1 N–H and O–H groups in total. The molecule has 8 heteroatoms. The van der Waals surface area contributed by atoms with E-state index in [1.54, 1.807) is 11.0 Å². The topological polar surface area (TPSA) is 86.8 Å². The molecule has 2 amide bonds. The maximum Gasteiger partial charge on any atom is 0.243 e. The predicted molar refractivity (Wildman–Crippen MR) is 164 cm³/mol. The Kier molecular flexibility index (Phi) is 10.6. The molecule has 0 aromatic heterocycles. The minimum Gasteiger partial charge on any atom is -0.352 e. The number of carbonyl (C=O) groups is 2. The summed E-state index contributed by atoms with van der Waals surface area (Å²) in [4.78, 5) is 29.4. The van der Waals surface area contributed by atoms with Crippen molar-refractivity contribution >= 4 is 27.5 Å². The fourth-order valence-electron chi connectivity index (χ4n) is 5.49. The first-order chi connectivity index (χ1) is 19.7. The van der Waals surface area contributed by atoms with Gasteiger partial charge in [0, 0.05) is 32.0 Å². The Morgan fingerprint density at radius 1 is 0.902 bits per heavy atom. The number of aryl methyl sites for hydroxylation is 1. The lowest BCUT2D eigenvalue weighted by Crippen LogP contribution is -2.52. The van der Waals surface area contributed by atoms with Crippen LogP contribution < -0.4 is 9.62 Å². The average molecular weight is 576 g/mol. The lowest BCUT2D eigenvalue weighted by atomic mass is 10.0. The molecule has 0 radical (unpaired) electrons. The lowest BCUT2D eigenvalue weighted by molar-refractivity contribution is -0.141. The molecule has 1 aliphatic rings. The van der Waals surface area contributed by atoms with Crippen molar-refractivity contribution in [2.45, 2.75) is 70.5 Å². The van der Waals surface area contributed by atoms with Gasteiger partial charge in [0.25, 0.3) is 0 Å². The smallest absolute Gasteiger partial charge is 0.243 e. The lowest BCUT2D eigenvalue weighted by Gasteiger charge is -2.33. The van der Waals surface area contributed by atoms with Gasteiger partial charge in [-0.3, -0.25) is 13.9 Å². The standard InChI is InChI=1S/C33H41N3O4S/c1-26-13-11-20-30(23-26)36(41(2,39)40)22-12-21-32(37)35(25-28-16-7-4-8-17-28)31(24-27-14-5-3-6-15-27)33(38)34-29-18-9-10-19-29/h3-8,11,13-17,20,23,29,31H,9-10,12,18-19,21-22,24-25H2,1-2H3,(H,34,38)/t31-/m1/s1. The largest absolute Gasteiger partial charge is 0.352 e. The number of benzene rings is 3. The molecule has 3 aromatic rings. The fourth-order valence-corrected chi connectivity index (χ4v) is 6.45. The Labute approximate surface area is 244 Å². The Morgan fingerprint density at radius 2 is 1.54 bits per heavy atom. The van der Waals surface area contributed by atoms with Crippen molar-refractivity contribution in [1.82, 2.24) is 10.2 Å². The van der Waals surface area contributed by atoms with Crippen molar-refractivity contribution < 1.29 is 18.0 Å². The monoisotopic (exact) mass is 575 g/mol. The number of amides is 2. The van der Waals surface area contributed by atoms with E-state index >= 15 is 0 Å². The molecule has 3 aromatic carbocycles. The highest BCUT2D eigenvalue weighted by molar-refractivity contribution is 7.92. The predicted octanol–water partition coefficient (Wildman–Crippen LogP) is 5.24. The highest BCUT2D eigenvalue weighted by Crippen LogP contribution is 2.22. The van der Waals surface area contributed by atoms with Gasteiger partial charge < -0.3 is 10.2 Å². The van der Waals surface area contributed by atoms with Crippen LogP contribution in [0.25, 0.3) is 0 Å². The number of nitrogens with zero attached hydrogens (tertiary/aromatic N) is 2. The van der Waals surface area contributed by atoms with Gasteiger partial charge in [0.1, 0.15) is 6.04 Å². The van der Waals surface area contributed by atoms with E-state index in [0.717, 1.165) is 42.4 Å². The number of nitrogens with one attached hydrogen (secondary N) is 1. The summed E-state index contributed by atoms with van der Waals surface area (Å²) in [6.45, 7) is 2.38. The number of anilines is 1. The number of rotatable bonds is 13. The van der Waals surface area contributed by atoms with Crippen LogP contribution in [-0.4, -0.2) is 50.0 Å². The summed E-state index contributed by atoms with van der Waals surface area (Å²) in [6, 6.07) is 26.2. The summed E-state index contributed by atoms with van der Waals surface area (Å²) in [5, 5.41) is 3.22. The van der Waals surface area contributed by atoms with Crippen LogP contribution >= 0.6 is 0 Å². The van der Waals surface area contributed by atoms with E-state index in [1.165, 1.54) is 10.6 Å². The highest BCUT2D eigenvalue weighted by atomic mass is 32.2. The number of hydrogen-bond acceptors (Lipinski definition) is 4. The highest BCUT2D eigenvalue weighted by Gasteiger charge is 2.32. The van der Waals surface area contributed by atoms with E-state index in [1.807, 2.05) is 85.8 Å². The molecule has 218 valence electrons. The molecule has 0 unspecified atom stereocenters. The summed E-state index contributed by atoms with van der Waals surface area (Å²) in [6.07, 6.45) is 6.13. The third-order valence-electron chi connectivity index (χ3n) is 7.61. The van der Waals surface area contributed by atoms with Crippen LogP contribution in [0, 0.1) is 6.92 Å². The number of hydrogen-bond donors (Lipinski definition) is 1. The summed E-state index contributed by atoms with van der Waals surface area (Å²) >= 11 is 0. The van der Waals surface area contributed by atoms with Gasteiger partial charge in [0.15, 0.2) is 0 Å². The van der Waals surface area contributed by atoms with E-state index in [4.69, 9.17) is 0 Å². The van der Waals surface area contributed by atoms with Gasteiger partial charge in [-0.25, -0.2) is 8.42 Å². The Hall–Kier alpha value is -3.65. The summed E-state index contributed by atoms with van der Waals surface area (Å²) in [7, 11) is -3.54. The molecule has 1 atom stereocenters. The van der Waals surface area contributed by atoms with Crippen molar-refractivity contribution in [2.75, 3.05) is 17.1 Å². The Morgan fingerprint density at radius 3 is 2.15 bits per heavy atom. The molecular formula is C33H41N3O4S. The maximum atomic E-state index is 13.9. The van der Waals surface area contributed by atoms with Crippen LogP contribution in [-0.2, 0) is 32.6 Å². The van der Waals surface area contributed by atoms with Crippen LogP contribution in [0.3, 0.4) is 0 Å². The summed E-state index contributed by atoms with van der Waals surface area (Å²) < 4.78 is 26.6. The quantitative estimate of drug-likeness (QED) is 0.302. The van der Waals surface area contributed by atoms with Gasteiger partial charge in [0.05, 0.1) is 11.9 Å². The zero-order valence-corrected chi connectivity index (χ0v) is 24.9. The molecule has 0 spiro atoms. The molecular weight excluding hydrogens is 534 g/mol. The Balaban J connectivity index is 1.56. The second-order valence-electron chi connectivity index (χ2n) is 11.0. The SMILES string of the molecule is Cc1cccc(N(CCCC(=O)N(Cc2ccccc2)[C@H](Cc2ccccc2)C(=O)NC2CCCC2)S(C)(=O)=O)c1. The van der Waals surface area contributed by atoms with Crippen LogP contribution in [0.5, 0.6) is 0 Å². The van der Waals surface area contributed by atoms with Crippen LogP contribution in [0.2, 0.25) is 0 Å². The van der Waals surface area contributed by atoms with Crippen LogP contribution in [0.15, 0.2) is 84.9 Å². The second-order valence-corrected chi connectivity index (χ2v) is 12.9. The first-order valence-corrected chi connectivity index (χ1v) is 16.3. The summed E-state index contributed by atoms with van der Waals surface area (Å²) in [5.41, 5.74) is 3.45. The minimum atomic E-state index is -3.54. The molecule has 0 heterocycles. The number of sulfonamides is 1. The fraction of sp³-hybridized carbons (Fsp3) is 0.394. The van der Waals surface area contributed by atoms with Gasteiger partial charge in [0.2, 0.25) is 21.8 Å². The molecule has 0 aliphatic heterocycles. The van der Waals surface area contributed by atoms with E-state index in [2.05, 4.69) is 5.32 Å². The van der Waals surface area contributed by atoms with Crippen LogP contribution in [0.1, 0.15) is 55.2 Å². The van der Waals surface area contributed by atoms with E-state index < -0.39 is 16.1 Å². The Bertz CT molecular complexity index is 1390. The van der Waals surface area contributed by atoms with Crippen molar-refractivity contribution in [2.24, 2.45) is 0 Å². The van der Waals surface area contributed by atoms with Crippen molar-refractivity contribution in [3.63, 3.8) is 0 Å². The first-order valence-electron chi connectivity index (χ1n) is 14.4. The molecule has 7 nitrogen and oxygen atoms in total. The maximum absolute atomic E-state index is 13.9. The van der Waals surface area contributed by atoms with E-state index in [-0.39, 0.29) is 30.8 Å². The zero-order chi connectivity index (χ0) is 29.2.